The Hall–Kier alpha value is -2.32. The van der Waals surface area contributed by atoms with Crippen LogP contribution in [0.15, 0.2) is 47.4 Å². The minimum Gasteiger partial charge on any atom is -0.483 e. The number of pyridine rings is 1. The molecule has 0 fully saturated rings. The van der Waals surface area contributed by atoms with Crippen LogP contribution in [0.3, 0.4) is 0 Å². The van der Waals surface area contributed by atoms with Crippen molar-refractivity contribution in [3.63, 3.8) is 0 Å². The van der Waals surface area contributed by atoms with Crippen LogP contribution in [0.2, 0.25) is 13.1 Å². The van der Waals surface area contributed by atoms with Crippen LogP contribution in [0.1, 0.15) is 57.2 Å². The molecule has 2 aromatic rings. The molecule has 3 rings (SSSR count). The third-order valence-electron chi connectivity index (χ3n) is 5.63. The Morgan fingerprint density at radius 3 is 2.33 bits per heavy atom. The fourth-order valence-electron chi connectivity index (χ4n) is 3.92. The van der Waals surface area contributed by atoms with Crippen molar-refractivity contribution in [2.24, 2.45) is 5.41 Å². The number of hydrogen-bond donors (Lipinski definition) is 0. The highest BCUT2D eigenvalue weighted by molar-refractivity contribution is 6.48. The van der Waals surface area contributed by atoms with Crippen molar-refractivity contribution in [2.75, 3.05) is 6.61 Å². The van der Waals surface area contributed by atoms with Crippen LogP contribution >= 0.6 is 0 Å². The lowest BCUT2D eigenvalue weighted by Crippen LogP contribution is -2.33. The third-order valence-corrected chi connectivity index (χ3v) is 6.37. The molecule has 1 aliphatic heterocycles. The number of alkyl halides is 3. The van der Waals surface area contributed by atoms with Gasteiger partial charge in [-0.3, -0.25) is 9.36 Å². The topological polar surface area (TPSA) is 40.5 Å². The predicted molar refractivity (Wildman–Crippen MR) is 126 cm³/mol. The van der Waals surface area contributed by atoms with Gasteiger partial charge in [-0.15, -0.1) is 0 Å². The van der Waals surface area contributed by atoms with Crippen molar-refractivity contribution in [1.29, 1.82) is 0 Å². The molecule has 8 heteroatoms. The van der Waals surface area contributed by atoms with Crippen LogP contribution in [-0.4, -0.2) is 25.8 Å². The van der Waals surface area contributed by atoms with E-state index < -0.39 is 26.4 Å². The summed E-state index contributed by atoms with van der Waals surface area (Å²) in [5, 5.41) is 0. The molecular weight excluding hydrogens is 447 g/mol. The summed E-state index contributed by atoms with van der Waals surface area (Å²) in [5.41, 5.74) is -0.566. The van der Waals surface area contributed by atoms with Crippen molar-refractivity contribution in [3.05, 3.63) is 69.6 Å². The average Bonchev–Trinajstić information content (AvgIpc) is 2.64. The quantitative estimate of drug-likeness (QED) is 0.472. The van der Waals surface area contributed by atoms with E-state index in [0.29, 0.717) is 18.1 Å². The van der Waals surface area contributed by atoms with Gasteiger partial charge in [-0.2, -0.15) is 13.2 Å². The van der Waals surface area contributed by atoms with Gasteiger partial charge in [0.15, 0.2) is 0 Å². The summed E-state index contributed by atoms with van der Waals surface area (Å²) in [6, 6.07) is 6.76. The van der Waals surface area contributed by atoms with E-state index in [1.807, 2.05) is 6.07 Å². The van der Waals surface area contributed by atoms with Gasteiger partial charge in [0.25, 0.3) is 5.56 Å². The van der Waals surface area contributed by atoms with Crippen molar-refractivity contribution in [1.82, 2.24) is 4.57 Å². The van der Waals surface area contributed by atoms with Gasteiger partial charge in [0.05, 0.1) is 11.3 Å². The van der Waals surface area contributed by atoms with E-state index in [-0.39, 0.29) is 22.5 Å². The lowest BCUT2D eigenvalue weighted by atomic mass is 9.77. The first-order valence-electron chi connectivity index (χ1n) is 10.9. The van der Waals surface area contributed by atoms with E-state index in [4.69, 9.17) is 9.16 Å². The SMILES string of the molecule is C[Si](C)OCC(c1ccn(C2=CC(C)(C)Oc3ccc(C(F)(F)F)cc32)c(=O)c1)C(C)(C)C. The van der Waals surface area contributed by atoms with Gasteiger partial charge < -0.3 is 9.16 Å². The van der Waals surface area contributed by atoms with E-state index in [1.54, 1.807) is 32.2 Å². The second-order valence-corrected chi connectivity index (χ2v) is 12.4. The first-order chi connectivity index (χ1) is 15.1. The van der Waals surface area contributed by atoms with Gasteiger partial charge in [-0.05, 0) is 68.3 Å². The normalized spacial score (nSPS) is 16.8. The molecular formula is C25H31F3NO3Si. The molecule has 1 aromatic carbocycles. The van der Waals surface area contributed by atoms with Crippen LogP contribution in [0.5, 0.6) is 5.75 Å². The van der Waals surface area contributed by atoms with Crippen molar-refractivity contribution >= 4 is 14.7 Å². The Morgan fingerprint density at radius 2 is 1.79 bits per heavy atom. The molecule has 1 radical (unpaired) electrons. The largest absolute Gasteiger partial charge is 0.483 e. The first-order valence-corrected chi connectivity index (χ1v) is 13.3. The average molecular weight is 479 g/mol. The van der Waals surface area contributed by atoms with Crippen molar-refractivity contribution in [2.45, 2.75) is 65.4 Å². The zero-order chi connectivity index (χ0) is 24.8. The number of nitrogens with zero attached hydrogens (tertiary/aromatic N) is 1. The van der Waals surface area contributed by atoms with Crippen LogP contribution in [-0.2, 0) is 10.6 Å². The van der Waals surface area contributed by atoms with Gasteiger partial charge in [-0.1, -0.05) is 20.8 Å². The summed E-state index contributed by atoms with van der Waals surface area (Å²) >= 11 is 0. The molecule has 1 aromatic heterocycles. The molecule has 1 atom stereocenters. The smallest absolute Gasteiger partial charge is 0.416 e. The number of hydrogen-bond acceptors (Lipinski definition) is 3. The lowest BCUT2D eigenvalue weighted by molar-refractivity contribution is -0.137. The fourth-order valence-corrected chi connectivity index (χ4v) is 4.42. The van der Waals surface area contributed by atoms with Gasteiger partial charge in [0, 0.05) is 30.4 Å². The monoisotopic (exact) mass is 478 g/mol. The minimum atomic E-state index is -4.50. The lowest BCUT2D eigenvalue weighted by Gasteiger charge is -2.33. The van der Waals surface area contributed by atoms with Gasteiger partial charge in [0.2, 0.25) is 9.04 Å². The van der Waals surface area contributed by atoms with E-state index in [0.717, 1.165) is 17.7 Å². The highest BCUT2D eigenvalue weighted by atomic mass is 28.3. The highest BCUT2D eigenvalue weighted by Crippen LogP contribution is 2.41. The highest BCUT2D eigenvalue weighted by Gasteiger charge is 2.35. The van der Waals surface area contributed by atoms with E-state index >= 15 is 0 Å². The number of rotatable bonds is 5. The van der Waals surface area contributed by atoms with Gasteiger partial charge >= 0.3 is 6.18 Å². The van der Waals surface area contributed by atoms with Crippen molar-refractivity contribution < 1.29 is 22.3 Å². The Bertz CT molecular complexity index is 1110. The van der Waals surface area contributed by atoms with Gasteiger partial charge in [-0.25, -0.2) is 0 Å². The molecule has 0 amide bonds. The molecule has 0 spiro atoms. The van der Waals surface area contributed by atoms with Crippen LogP contribution < -0.4 is 10.3 Å². The summed E-state index contributed by atoms with van der Waals surface area (Å²) in [5.74, 6) is 0.312. The second kappa shape index (κ2) is 8.80. The van der Waals surface area contributed by atoms with Crippen LogP contribution in [0.4, 0.5) is 13.2 Å². The Balaban J connectivity index is 2.10. The molecule has 0 N–H and O–H groups in total. The summed E-state index contributed by atoms with van der Waals surface area (Å²) in [4.78, 5) is 13.2. The van der Waals surface area contributed by atoms with E-state index in [9.17, 15) is 18.0 Å². The molecule has 0 saturated heterocycles. The molecule has 4 nitrogen and oxygen atoms in total. The number of aromatic nitrogens is 1. The maximum Gasteiger partial charge on any atom is 0.416 e. The standard InChI is InChI=1S/C25H31F3NO3Si/c1-23(2,3)19(15-31-33(6)7)16-10-11-29(22(30)12-16)20-14-24(4,5)32-21-9-8-17(13-18(20)21)25(26,27)28/h8-14,19H,15H2,1-7H3. The van der Waals surface area contributed by atoms with Crippen LogP contribution in [0.25, 0.3) is 5.70 Å². The summed E-state index contributed by atoms with van der Waals surface area (Å²) in [6.07, 6.45) is -1.18. The molecule has 33 heavy (non-hydrogen) atoms. The zero-order valence-electron chi connectivity index (χ0n) is 20.1. The first kappa shape index (κ1) is 25.3. The molecule has 2 heterocycles. The Labute approximate surface area is 194 Å². The molecule has 1 unspecified atom stereocenters. The van der Waals surface area contributed by atoms with Gasteiger partial charge in [0.1, 0.15) is 11.4 Å². The fraction of sp³-hybridized carbons (Fsp3) is 0.480. The summed E-state index contributed by atoms with van der Waals surface area (Å²) in [6.45, 7) is 14.5. The maximum absolute atomic E-state index is 13.4. The zero-order valence-corrected chi connectivity index (χ0v) is 21.1. The third kappa shape index (κ3) is 5.79. The second-order valence-electron chi connectivity index (χ2n) is 10.2. The molecule has 0 aliphatic carbocycles. The number of halogens is 3. The summed E-state index contributed by atoms with van der Waals surface area (Å²) in [7, 11) is -0.891. The molecule has 0 bridgehead atoms. The Morgan fingerprint density at radius 1 is 1.12 bits per heavy atom. The van der Waals surface area contributed by atoms with Crippen LogP contribution in [0, 0.1) is 5.41 Å². The minimum absolute atomic E-state index is 0.00368. The number of fused-ring (bicyclic) bond motifs is 1. The van der Waals surface area contributed by atoms with E-state index in [2.05, 4.69) is 33.9 Å². The Kier molecular flexibility index (Phi) is 6.74. The number of benzene rings is 1. The number of ether oxygens (including phenoxy) is 1. The maximum atomic E-state index is 13.4. The molecule has 179 valence electrons. The predicted octanol–water partition coefficient (Wildman–Crippen LogP) is 6.32. The van der Waals surface area contributed by atoms with Crippen molar-refractivity contribution in [3.8, 4) is 5.75 Å². The summed E-state index contributed by atoms with van der Waals surface area (Å²) < 4.78 is 53.3. The molecule has 0 saturated carbocycles. The van der Waals surface area contributed by atoms with E-state index in [1.165, 1.54) is 10.6 Å². The molecule has 1 aliphatic rings.